The van der Waals surface area contributed by atoms with Crippen LogP contribution in [0.15, 0.2) is 91.0 Å². The molecule has 1 heterocycles. The predicted octanol–water partition coefficient (Wildman–Crippen LogP) is 8.10. The summed E-state index contributed by atoms with van der Waals surface area (Å²) in [5, 5.41) is 17.7. The second-order valence-corrected chi connectivity index (χ2v) is 14.7. The van der Waals surface area contributed by atoms with Gasteiger partial charge in [-0.1, -0.05) is 71.7 Å². The number of carboxylic acids is 1. The van der Waals surface area contributed by atoms with E-state index in [9.17, 15) is 42.3 Å². The van der Waals surface area contributed by atoms with Crippen LogP contribution in [0.5, 0.6) is 0 Å². The summed E-state index contributed by atoms with van der Waals surface area (Å²) in [7, 11) is 1.28. The van der Waals surface area contributed by atoms with Crippen LogP contribution in [0.4, 0.5) is 24.5 Å². The lowest BCUT2D eigenvalue weighted by atomic mass is 10.0. The predicted molar refractivity (Wildman–Crippen MR) is 226 cm³/mol. The summed E-state index contributed by atoms with van der Waals surface area (Å²) in [6.07, 6.45) is -4.53. The number of methoxy groups -OCH3 is 1. The summed E-state index contributed by atoms with van der Waals surface area (Å²) in [5.74, 6) is -3.82. The van der Waals surface area contributed by atoms with Gasteiger partial charge in [0, 0.05) is 29.9 Å². The Balaban J connectivity index is 0.000000294. The minimum Gasteiger partial charge on any atom is -0.480 e. The Morgan fingerprint density at radius 1 is 0.721 bits per heavy atom. The first-order valence-corrected chi connectivity index (χ1v) is 19.2. The highest BCUT2D eigenvalue weighted by Crippen LogP contribution is 2.34. The van der Waals surface area contributed by atoms with Crippen LogP contribution in [0.25, 0.3) is 0 Å². The number of hydrogen-bond acceptors (Lipinski definition) is 8. The third-order valence-corrected chi connectivity index (χ3v) is 9.85. The van der Waals surface area contributed by atoms with E-state index >= 15 is 0 Å². The second-order valence-electron chi connectivity index (χ2n) is 13.8. The number of rotatable bonds is 12. The lowest BCUT2D eigenvalue weighted by molar-refractivity contribution is -0.143. The van der Waals surface area contributed by atoms with E-state index < -0.39 is 59.0 Å². The van der Waals surface area contributed by atoms with Gasteiger partial charge in [-0.3, -0.25) is 19.4 Å². The van der Waals surface area contributed by atoms with Gasteiger partial charge >= 0.3 is 18.1 Å². The quantitative estimate of drug-likeness (QED) is 0.0609. The smallest absolute Gasteiger partial charge is 0.417 e. The number of benzene rings is 4. The van der Waals surface area contributed by atoms with Gasteiger partial charge in [-0.2, -0.15) is 13.2 Å². The molecule has 5 rings (SSSR count). The van der Waals surface area contributed by atoms with Crippen molar-refractivity contribution < 1.29 is 47.0 Å². The molecule has 0 spiro atoms. The average Bonchev–Trinajstić information content (AvgIpc) is 3.18. The Hall–Kier alpha value is -6.45. The van der Waals surface area contributed by atoms with Crippen LogP contribution < -0.4 is 21.7 Å². The lowest BCUT2D eigenvalue weighted by Crippen LogP contribution is -2.43. The van der Waals surface area contributed by atoms with E-state index in [1.807, 2.05) is 0 Å². The molecule has 0 fully saturated rings. The van der Waals surface area contributed by atoms with E-state index in [-0.39, 0.29) is 34.1 Å². The molecule has 0 aliphatic rings. The van der Waals surface area contributed by atoms with Crippen molar-refractivity contribution in [1.82, 2.24) is 15.6 Å². The van der Waals surface area contributed by atoms with Crippen molar-refractivity contribution in [3.63, 3.8) is 0 Å². The maximum Gasteiger partial charge on any atom is 0.417 e. The molecular weight excluding hydrogens is 838 g/mol. The molecule has 0 saturated heterocycles. The number of aromatic nitrogens is 1. The molecule has 0 aliphatic carbocycles. The molecule has 0 saturated carbocycles. The molecule has 0 bridgehead atoms. The fourth-order valence-corrected chi connectivity index (χ4v) is 6.83. The highest BCUT2D eigenvalue weighted by Gasteiger charge is 2.37. The van der Waals surface area contributed by atoms with Crippen LogP contribution in [0.3, 0.4) is 0 Å². The number of aliphatic carboxylic acids is 1. The van der Waals surface area contributed by atoms with Gasteiger partial charge in [-0.15, -0.1) is 0 Å². The average molecular weight is 881 g/mol. The number of anilines is 2. The van der Waals surface area contributed by atoms with Gasteiger partial charge in [0.05, 0.1) is 45.1 Å². The molecule has 6 N–H and O–H groups in total. The monoisotopic (exact) mass is 879 g/mol. The number of carboxylic acid groups (broad SMARTS) is 1. The van der Waals surface area contributed by atoms with Crippen LogP contribution in [-0.2, 0) is 33.3 Å². The van der Waals surface area contributed by atoms with Crippen molar-refractivity contribution in [1.29, 1.82) is 0 Å². The van der Waals surface area contributed by atoms with Gasteiger partial charge in [0.25, 0.3) is 17.7 Å². The van der Waals surface area contributed by atoms with Crippen molar-refractivity contribution in [2.45, 2.75) is 58.8 Å². The highest BCUT2D eigenvalue weighted by molar-refractivity contribution is 6.34. The van der Waals surface area contributed by atoms with Crippen molar-refractivity contribution in [3.8, 4) is 0 Å². The summed E-state index contributed by atoms with van der Waals surface area (Å²) in [6.45, 7) is 6.19. The Bertz CT molecular complexity index is 2390. The Morgan fingerprint density at radius 3 is 1.66 bits per heavy atom. The molecule has 2 atom stereocenters. The number of nitrogens with one attached hydrogen (secondary N) is 3. The van der Waals surface area contributed by atoms with Crippen LogP contribution in [-0.4, -0.2) is 58.9 Å². The molecule has 0 aliphatic heterocycles. The number of aryl methyl sites for hydroxylation is 4. The molecule has 3 amide bonds. The normalized spacial score (nSPS) is 11.9. The van der Waals surface area contributed by atoms with Gasteiger partial charge in [0.15, 0.2) is 0 Å². The highest BCUT2D eigenvalue weighted by atomic mass is 35.5. The molecule has 2 unspecified atom stereocenters. The number of halogens is 5. The number of amides is 3. The Kier molecular flexibility index (Phi) is 16.0. The van der Waals surface area contributed by atoms with Gasteiger partial charge in [-0.05, 0) is 92.4 Å². The number of hydrogen-bond donors (Lipinski definition) is 5. The van der Waals surface area contributed by atoms with E-state index in [0.717, 1.165) is 17.2 Å². The molecular formula is C44H42Cl2F3N5O7. The summed E-state index contributed by atoms with van der Waals surface area (Å²) in [4.78, 5) is 65.7. The zero-order valence-electron chi connectivity index (χ0n) is 33.5. The van der Waals surface area contributed by atoms with Gasteiger partial charge in [-0.25, -0.2) is 9.59 Å². The number of nitrogen functional groups attached to an aromatic ring is 1. The lowest BCUT2D eigenvalue weighted by Gasteiger charge is -2.18. The molecule has 4 aromatic carbocycles. The van der Waals surface area contributed by atoms with E-state index in [1.165, 1.54) is 51.3 Å². The van der Waals surface area contributed by atoms with Gasteiger partial charge in [0.1, 0.15) is 12.1 Å². The first kappa shape index (κ1) is 47.2. The van der Waals surface area contributed by atoms with Gasteiger partial charge < -0.3 is 31.5 Å². The number of carbonyl (C=O) groups excluding carboxylic acids is 4. The first-order chi connectivity index (χ1) is 28.7. The Morgan fingerprint density at radius 2 is 1.20 bits per heavy atom. The van der Waals surface area contributed by atoms with E-state index in [4.69, 9.17) is 33.7 Å². The second kappa shape index (κ2) is 20.7. The van der Waals surface area contributed by atoms with Crippen LogP contribution in [0.1, 0.15) is 70.3 Å². The third kappa shape index (κ3) is 12.8. The molecule has 61 heavy (non-hydrogen) atoms. The summed E-state index contributed by atoms with van der Waals surface area (Å²) in [6, 6.07) is 21.7. The fraction of sp³-hybridized carbons (Fsp3) is 0.227. The standard InChI is InChI=1S/C26H23ClF3N3O4.C18H19ClN2O3/c1-13-5-4-6-19(27)21(13)23(34)33-20(25(36)37)12-16-7-9-17(10-8-16)32-24(35)22-15(3)31-14(2)11-18(22)26(28,29)30;1-11-4-3-5-14(19)16(11)17(22)21-15(18(23)24-2)10-12-6-8-13(20)9-7-12/h4-11,20H,12H2,1-3H3,(H,32,35)(H,33,34)(H,36,37);3-9,15H,10,20H2,1-2H3,(H,21,22). The first-order valence-electron chi connectivity index (χ1n) is 18.4. The number of nitrogens with two attached hydrogens (primary N) is 1. The molecule has 12 nitrogen and oxygen atoms in total. The van der Waals surface area contributed by atoms with Crippen molar-refractivity contribution >= 4 is 64.2 Å². The zero-order valence-corrected chi connectivity index (χ0v) is 35.1. The topological polar surface area (TPSA) is 190 Å². The SMILES string of the molecule is COC(=O)C(Cc1ccc(N)cc1)NC(=O)c1c(C)cccc1Cl.Cc1cc(C(F)(F)F)c(C(=O)Nc2ccc(CC(NC(=O)c3c(C)cccc3Cl)C(=O)O)cc2)c(C)n1. The van der Waals surface area contributed by atoms with Crippen LogP contribution in [0.2, 0.25) is 10.0 Å². The van der Waals surface area contributed by atoms with Crippen molar-refractivity contribution in [2.75, 3.05) is 18.2 Å². The fourth-order valence-electron chi connectivity index (χ4n) is 6.22. The number of alkyl halides is 3. The van der Waals surface area contributed by atoms with Crippen molar-refractivity contribution in [3.05, 3.63) is 157 Å². The molecule has 0 radical (unpaired) electrons. The van der Waals surface area contributed by atoms with E-state index in [1.54, 1.807) is 68.4 Å². The zero-order chi connectivity index (χ0) is 45.2. The largest absolute Gasteiger partial charge is 0.480 e. The van der Waals surface area contributed by atoms with Gasteiger partial charge in [0.2, 0.25) is 0 Å². The Labute approximate surface area is 359 Å². The third-order valence-electron chi connectivity index (χ3n) is 9.22. The van der Waals surface area contributed by atoms with Crippen LogP contribution in [0, 0.1) is 27.7 Å². The molecule has 320 valence electrons. The maximum absolute atomic E-state index is 13.5. The van der Waals surface area contributed by atoms with Crippen molar-refractivity contribution in [2.24, 2.45) is 0 Å². The maximum atomic E-state index is 13.5. The summed E-state index contributed by atoms with van der Waals surface area (Å²) >= 11 is 12.2. The summed E-state index contributed by atoms with van der Waals surface area (Å²) in [5.41, 5.74) is 8.10. The molecule has 1 aromatic heterocycles. The summed E-state index contributed by atoms with van der Waals surface area (Å²) < 4.78 is 45.3. The number of carbonyl (C=O) groups is 5. The van der Waals surface area contributed by atoms with Crippen LogP contribution >= 0.6 is 23.2 Å². The van der Waals surface area contributed by atoms with E-state index in [0.29, 0.717) is 33.8 Å². The number of nitrogens with zero attached hydrogens (tertiary/aromatic N) is 1. The molecule has 5 aromatic rings. The number of pyridine rings is 1. The molecule has 17 heteroatoms. The minimum absolute atomic E-state index is 0.0600. The minimum atomic E-state index is -4.74. The number of ether oxygens (including phenoxy) is 1. The van der Waals surface area contributed by atoms with E-state index in [2.05, 4.69) is 20.9 Å². The number of esters is 1.